The third-order valence-corrected chi connectivity index (χ3v) is 5.18. The Morgan fingerprint density at radius 1 is 1.50 bits per heavy atom. The molecule has 0 aromatic carbocycles. The van der Waals surface area contributed by atoms with E-state index < -0.39 is 0 Å². The molecule has 1 aliphatic heterocycles. The summed E-state index contributed by atoms with van der Waals surface area (Å²) in [6.07, 6.45) is 2.70. The van der Waals surface area contributed by atoms with Gasteiger partial charge in [0.15, 0.2) is 0 Å². The topological polar surface area (TPSA) is 63.7 Å². The smallest absolute Gasteiger partial charge is 0.306 e. The van der Waals surface area contributed by atoms with Gasteiger partial charge in [0.1, 0.15) is 0 Å². The molecule has 18 heavy (non-hydrogen) atoms. The van der Waals surface area contributed by atoms with Crippen molar-refractivity contribution in [2.45, 2.75) is 30.9 Å². The average molecular weight is 271 g/mol. The van der Waals surface area contributed by atoms with Gasteiger partial charge in [0, 0.05) is 19.2 Å². The van der Waals surface area contributed by atoms with E-state index in [0.717, 1.165) is 18.6 Å². The first-order valence-electron chi connectivity index (χ1n) is 5.96. The summed E-state index contributed by atoms with van der Waals surface area (Å²) in [4.78, 5) is 35.6. The summed E-state index contributed by atoms with van der Waals surface area (Å²) < 4.78 is 4.68. The fourth-order valence-corrected chi connectivity index (χ4v) is 3.56. The molecule has 1 saturated heterocycles. The van der Waals surface area contributed by atoms with E-state index in [0.29, 0.717) is 6.42 Å². The second-order valence-electron chi connectivity index (χ2n) is 5.05. The van der Waals surface area contributed by atoms with Crippen LogP contribution in [0.15, 0.2) is 0 Å². The van der Waals surface area contributed by atoms with Crippen LogP contribution >= 0.6 is 11.8 Å². The van der Waals surface area contributed by atoms with Gasteiger partial charge in [-0.15, -0.1) is 11.8 Å². The highest BCUT2D eigenvalue weighted by atomic mass is 32.2. The van der Waals surface area contributed by atoms with Crippen LogP contribution in [0.2, 0.25) is 0 Å². The Hall–Kier alpha value is -1.04. The first-order chi connectivity index (χ1) is 8.47. The second kappa shape index (κ2) is 4.91. The summed E-state index contributed by atoms with van der Waals surface area (Å²) in [6.45, 7) is 0. The van der Waals surface area contributed by atoms with Gasteiger partial charge >= 0.3 is 5.97 Å². The van der Waals surface area contributed by atoms with Crippen LogP contribution in [0.5, 0.6) is 0 Å². The highest BCUT2D eigenvalue weighted by Crippen LogP contribution is 2.52. The maximum Gasteiger partial charge on any atom is 0.306 e. The van der Waals surface area contributed by atoms with Gasteiger partial charge in [0.05, 0.1) is 18.8 Å². The van der Waals surface area contributed by atoms with Crippen molar-refractivity contribution in [2.24, 2.45) is 5.41 Å². The van der Waals surface area contributed by atoms with Crippen LogP contribution in [0.4, 0.5) is 0 Å². The number of likely N-dealkylation sites (tertiary alicyclic amines) is 1. The molecule has 1 heterocycles. The molecule has 2 amide bonds. The van der Waals surface area contributed by atoms with Crippen molar-refractivity contribution in [3.8, 4) is 0 Å². The molecular weight excluding hydrogens is 254 g/mol. The van der Waals surface area contributed by atoms with Crippen LogP contribution in [-0.4, -0.2) is 47.8 Å². The Morgan fingerprint density at radius 2 is 2.17 bits per heavy atom. The standard InChI is InChI=1S/C12H17NO4S/c1-13-9(14)5-8(11(13)16)18-7-12(3-4-12)6-10(15)17-2/h8H,3-7H2,1-2H3. The molecule has 100 valence electrons. The number of hydrogen-bond donors (Lipinski definition) is 0. The average Bonchev–Trinajstić information content (AvgIpc) is 3.07. The first-order valence-corrected chi connectivity index (χ1v) is 7.01. The van der Waals surface area contributed by atoms with Crippen LogP contribution in [0, 0.1) is 5.41 Å². The van der Waals surface area contributed by atoms with E-state index >= 15 is 0 Å². The lowest BCUT2D eigenvalue weighted by atomic mass is 10.1. The molecular formula is C12H17NO4S. The van der Waals surface area contributed by atoms with Crippen LogP contribution in [0.25, 0.3) is 0 Å². The largest absolute Gasteiger partial charge is 0.469 e. The number of carbonyl (C=O) groups excluding carboxylic acids is 3. The molecule has 2 aliphatic rings. The molecule has 1 aliphatic carbocycles. The van der Waals surface area contributed by atoms with Crippen LogP contribution in [-0.2, 0) is 19.1 Å². The summed E-state index contributed by atoms with van der Waals surface area (Å²) in [5, 5.41) is -0.266. The quantitative estimate of drug-likeness (QED) is 0.547. The van der Waals surface area contributed by atoms with Crippen molar-refractivity contribution in [3.63, 3.8) is 0 Å². The number of ether oxygens (including phenoxy) is 1. The van der Waals surface area contributed by atoms with Gasteiger partial charge in [-0.2, -0.15) is 0 Å². The van der Waals surface area contributed by atoms with Gasteiger partial charge in [0.2, 0.25) is 11.8 Å². The van der Waals surface area contributed by atoms with E-state index in [9.17, 15) is 14.4 Å². The summed E-state index contributed by atoms with van der Waals surface area (Å²) in [5.41, 5.74) is 0.00223. The van der Waals surface area contributed by atoms with Gasteiger partial charge in [-0.1, -0.05) is 0 Å². The molecule has 0 bridgehead atoms. The fraction of sp³-hybridized carbons (Fsp3) is 0.750. The minimum absolute atomic E-state index is 0.00223. The summed E-state index contributed by atoms with van der Waals surface area (Å²) >= 11 is 1.50. The molecule has 0 radical (unpaired) electrons. The molecule has 1 atom stereocenters. The van der Waals surface area contributed by atoms with Gasteiger partial charge in [0.25, 0.3) is 0 Å². The number of hydrogen-bond acceptors (Lipinski definition) is 5. The van der Waals surface area contributed by atoms with E-state index in [1.807, 2.05) is 0 Å². The molecule has 6 heteroatoms. The summed E-state index contributed by atoms with van der Waals surface area (Å²) in [6, 6.07) is 0. The number of methoxy groups -OCH3 is 1. The maximum atomic E-state index is 11.7. The number of nitrogens with zero attached hydrogens (tertiary/aromatic N) is 1. The Balaban J connectivity index is 1.84. The molecule has 1 unspecified atom stereocenters. The van der Waals surface area contributed by atoms with Crippen molar-refractivity contribution in [1.82, 2.24) is 4.90 Å². The van der Waals surface area contributed by atoms with Crippen molar-refractivity contribution in [3.05, 3.63) is 0 Å². The fourth-order valence-electron chi connectivity index (χ4n) is 2.06. The predicted octanol–water partition coefficient (Wildman–Crippen LogP) is 0.820. The lowest BCUT2D eigenvalue weighted by Gasteiger charge is -2.15. The number of thioether (sulfide) groups is 1. The summed E-state index contributed by atoms with van der Waals surface area (Å²) in [7, 11) is 2.91. The first kappa shape index (κ1) is 13.4. The molecule has 2 rings (SSSR count). The van der Waals surface area contributed by atoms with E-state index in [1.165, 1.54) is 30.8 Å². The Kier molecular flexibility index (Phi) is 3.66. The monoisotopic (exact) mass is 271 g/mol. The van der Waals surface area contributed by atoms with Crippen molar-refractivity contribution in [2.75, 3.05) is 19.9 Å². The molecule has 2 fully saturated rings. The van der Waals surface area contributed by atoms with Crippen LogP contribution in [0.1, 0.15) is 25.7 Å². The highest BCUT2D eigenvalue weighted by Gasteiger charge is 2.46. The number of carbonyl (C=O) groups is 3. The Labute approximate surface area is 110 Å². The normalized spacial score (nSPS) is 25.4. The lowest BCUT2D eigenvalue weighted by molar-refractivity contribution is -0.142. The minimum Gasteiger partial charge on any atom is -0.469 e. The van der Waals surface area contributed by atoms with Gasteiger partial charge in [-0.05, 0) is 18.3 Å². The van der Waals surface area contributed by atoms with Crippen molar-refractivity contribution >= 4 is 29.5 Å². The van der Waals surface area contributed by atoms with E-state index in [2.05, 4.69) is 4.74 Å². The molecule has 0 aromatic rings. The zero-order valence-corrected chi connectivity index (χ0v) is 11.4. The molecule has 1 saturated carbocycles. The van der Waals surface area contributed by atoms with E-state index in [1.54, 1.807) is 0 Å². The Morgan fingerprint density at radius 3 is 2.61 bits per heavy atom. The van der Waals surface area contributed by atoms with Gasteiger partial charge in [-0.3, -0.25) is 19.3 Å². The number of esters is 1. The zero-order valence-electron chi connectivity index (χ0n) is 10.6. The molecule has 0 N–H and O–H groups in total. The van der Waals surface area contributed by atoms with Gasteiger partial charge in [-0.25, -0.2) is 0 Å². The minimum atomic E-state index is -0.266. The third kappa shape index (κ3) is 2.68. The van der Waals surface area contributed by atoms with Crippen LogP contribution in [0.3, 0.4) is 0 Å². The lowest BCUT2D eigenvalue weighted by Crippen LogP contribution is -2.27. The number of amides is 2. The van der Waals surface area contributed by atoms with E-state index in [4.69, 9.17) is 0 Å². The predicted molar refractivity (Wildman–Crippen MR) is 66.9 cm³/mol. The second-order valence-corrected chi connectivity index (χ2v) is 6.24. The van der Waals surface area contributed by atoms with Gasteiger partial charge < -0.3 is 4.74 Å². The summed E-state index contributed by atoms with van der Waals surface area (Å²) in [5.74, 6) is 0.327. The SMILES string of the molecule is COC(=O)CC1(CSC2CC(=O)N(C)C2=O)CC1. The number of imide groups is 1. The van der Waals surface area contributed by atoms with E-state index in [-0.39, 0.29) is 34.9 Å². The molecule has 0 spiro atoms. The third-order valence-electron chi connectivity index (χ3n) is 3.63. The number of rotatable bonds is 5. The highest BCUT2D eigenvalue weighted by molar-refractivity contribution is 8.00. The van der Waals surface area contributed by atoms with Crippen molar-refractivity contribution in [1.29, 1.82) is 0 Å². The zero-order chi connectivity index (χ0) is 13.3. The maximum absolute atomic E-state index is 11.7. The molecule has 0 aromatic heterocycles. The molecule has 5 nitrogen and oxygen atoms in total. The van der Waals surface area contributed by atoms with Crippen LogP contribution < -0.4 is 0 Å². The van der Waals surface area contributed by atoms with Crippen molar-refractivity contribution < 1.29 is 19.1 Å². The Bertz CT molecular complexity index is 392.